The molecule has 24 heavy (non-hydrogen) atoms. The number of benzene rings is 1. The van der Waals surface area contributed by atoms with Crippen molar-refractivity contribution in [1.82, 2.24) is 9.88 Å². The fourth-order valence-electron chi connectivity index (χ4n) is 2.44. The van der Waals surface area contributed by atoms with Crippen LogP contribution in [0.4, 0.5) is 15.6 Å². The lowest BCUT2D eigenvalue weighted by molar-refractivity contribution is -0.120. The van der Waals surface area contributed by atoms with Gasteiger partial charge in [-0.3, -0.25) is 9.69 Å². The number of aromatic nitrogens is 1. The lowest BCUT2D eigenvalue weighted by Crippen LogP contribution is -2.53. The number of nitrogens with one attached hydrogen (secondary N) is 1. The number of piperazine rings is 1. The maximum absolute atomic E-state index is 12.4. The third-order valence-electron chi connectivity index (χ3n) is 3.59. The van der Waals surface area contributed by atoms with Crippen molar-refractivity contribution in [3.8, 4) is 5.75 Å². The number of carbonyl (C=O) groups is 2. The topological polar surface area (TPSA) is 74.8 Å². The van der Waals surface area contributed by atoms with E-state index in [1.807, 2.05) is 24.4 Å². The third-order valence-corrected chi connectivity index (χ3v) is 4.38. The van der Waals surface area contributed by atoms with E-state index in [1.165, 1.54) is 16.2 Å². The van der Waals surface area contributed by atoms with Crippen LogP contribution in [0, 0.1) is 0 Å². The molecule has 1 saturated heterocycles. The summed E-state index contributed by atoms with van der Waals surface area (Å²) < 4.78 is 5.50. The van der Waals surface area contributed by atoms with Crippen molar-refractivity contribution in [3.05, 3.63) is 35.8 Å². The van der Waals surface area contributed by atoms with Crippen LogP contribution in [-0.4, -0.2) is 48.1 Å². The summed E-state index contributed by atoms with van der Waals surface area (Å²) in [6, 6.07) is 6.93. The molecule has 0 spiro atoms. The van der Waals surface area contributed by atoms with Crippen LogP contribution in [0.25, 0.3) is 0 Å². The van der Waals surface area contributed by atoms with Crippen LogP contribution in [0.1, 0.15) is 6.92 Å². The van der Waals surface area contributed by atoms with Gasteiger partial charge in [0.1, 0.15) is 12.3 Å². The van der Waals surface area contributed by atoms with E-state index < -0.39 is 0 Å². The van der Waals surface area contributed by atoms with E-state index in [0.717, 1.165) is 0 Å². The minimum atomic E-state index is -0.311. The summed E-state index contributed by atoms with van der Waals surface area (Å²) in [5, 5.41) is 5.31. The van der Waals surface area contributed by atoms with Gasteiger partial charge in [-0.1, -0.05) is 12.1 Å². The fourth-order valence-corrected chi connectivity index (χ4v) is 3.13. The summed E-state index contributed by atoms with van der Waals surface area (Å²) in [7, 11) is 0. The molecule has 1 aliphatic heterocycles. The predicted octanol–water partition coefficient (Wildman–Crippen LogP) is 2.42. The molecule has 0 unspecified atom stereocenters. The Bertz CT molecular complexity index is 720. The van der Waals surface area contributed by atoms with Gasteiger partial charge in [0.25, 0.3) is 0 Å². The number of hydrogen-bond acceptors (Lipinski definition) is 5. The standard InChI is InChI=1S/C16H18N4O3S/c1-2-23-13-6-4-3-5-12(13)18-15(22)19-8-9-20(14(21)11-19)16-17-7-10-24-16/h3-7,10H,2,8-9,11H2,1H3,(H,18,22). The molecule has 126 valence electrons. The van der Waals surface area contributed by atoms with Crippen LogP contribution in [0.3, 0.4) is 0 Å². The normalized spacial score (nSPS) is 14.6. The van der Waals surface area contributed by atoms with Gasteiger partial charge in [0.15, 0.2) is 5.13 Å². The Labute approximate surface area is 143 Å². The van der Waals surface area contributed by atoms with Gasteiger partial charge in [-0.2, -0.15) is 0 Å². The minimum absolute atomic E-state index is 0.0300. The number of anilines is 2. The fraction of sp³-hybridized carbons (Fsp3) is 0.312. The molecule has 8 heteroatoms. The van der Waals surface area contributed by atoms with Crippen molar-refractivity contribution < 1.29 is 14.3 Å². The van der Waals surface area contributed by atoms with E-state index in [-0.39, 0.29) is 18.5 Å². The Morgan fingerprint density at radius 3 is 2.92 bits per heavy atom. The Kier molecular flexibility index (Phi) is 4.95. The van der Waals surface area contributed by atoms with Gasteiger partial charge in [0.2, 0.25) is 5.91 Å². The summed E-state index contributed by atoms with van der Waals surface area (Å²) in [6.07, 6.45) is 1.66. The molecule has 3 rings (SSSR count). The van der Waals surface area contributed by atoms with E-state index in [9.17, 15) is 9.59 Å². The first kappa shape index (κ1) is 16.3. The number of urea groups is 1. The molecule has 1 fully saturated rings. The van der Waals surface area contributed by atoms with Gasteiger partial charge in [0.05, 0.1) is 12.3 Å². The highest BCUT2D eigenvalue weighted by Gasteiger charge is 2.29. The van der Waals surface area contributed by atoms with Gasteiger partial charge < -0.3 is 15.0 Å². The molecule has 1 aromatic carbocycles. The SMILES string of the molecule is CCOc1ccccc1NC(=O)N1CCN(c2nccs2)C(=O)C1. The van der Waals surface area contributed by atoms with Crippen molar-refractivity contribution in [1.29, 1.82) is 0 Å². The largest absolute Gasteiger partial charge is 0.492 e. The van der Waals surface area contributed by atoms with Crippen LogP contribution < -0.4 is 15.0 Å². The van der Waals surface area contributed by atoms with E-state index in [2.05, 4.69) is 10.3 Å². The van der Waals surface area contributed by atoms with Crippen LogP contribution in [0.15, 0.2) is 35.8 Å². The van der Waals surface area contributed by atoms with Gasteiger partial charge in [0, 0.05) is 24.7 Å². The molecule has 2 aromatic rings. The number of ether oxygens (including phenoxy) is 1. The van der Waals surface area contributed by atoms with Crippen molar-refractivity contribution in [2.75, 3.05) is 36.5 Å². The summed E-state index contributed by atoms with van der Waals surface area (Å²) in [5.74, 6) is 0.477. The van der Waals surface area contributed by atoms with E-state index in [0.29, 0.717) is 36.3 Å². The third kappa shape index (κ3) is 3.48. The number of para-hydroxylation sites is 2. The van der Waals surface area contributed by atoms with Crippen molar-refractivity contribution in [2.45, 2.75) is 6.92 Å². The Morgan fingerprint density at radius 1 is 1.38 bits per heavy atom. The van der Waals surface area contributed by atoms with Gasteiger partial charge in [-0.25, -0.2) is 9.78 Å². The van der Waals surface area contributed by atoms with Crippen molar-refractivity contribution in [3.63, 3.8) is 0 Å². The second-order valence-electron chi connectivity index (χ2n) is 5.14. The first-order valence-corrected chi connectivity index (χ1v) is 8.54. The maximum Gasteiger partial charge on any atom is 0.322 e. The second-order valence-corrected chi connectivity index (χ2v) is 6.01. The van der Waals surface area contributed by atoms with Crippen LogP contribution in [-0.2, 0) is 4.79 Å². The number of thiazole rings is 1. The number of carbonyl (C=O) groups excluding carboxylic acids is 2. The molecular formula is C16H18N4O3S. The second kappa shape index (κ2) is 7.31. The summed E-state index contributed by atoms with van der Waals surface area (Å²) in [5.41, 5.74) is 0.596. The smallest absolute Gasteiger partial charge is 0.322 e. The van der Waals surface area contributed by atoms with Gasteiger partial charge in [-0.15, -0.1) is 11.3 Å². The molecular weight excluding hydrogens is 328 g/mol. The van der Waals surface area contributed by atoms with Gasteiger partial charge in [-0.05, 0) is 19.1 Å². The van der Waals surface area contributed by atoms with E-state index >= 15 is 0 Å². The summed E-state index contributed by atoms with van der Waals surface area (Å²) in [6.45, 7) is 3.32. The average Bonchev–Trinajstić information content (AvgIpc) is 3.11. The van der Waals surface area contributed by atoms with Crippen LogP contribution in [0.5, 0.6) is 5.75 Å². The molecule has 0 radical (unpaired) electrons. The molecule has 1 aromatic heterocycles. The molecule has 1 N–H and O–H groups in total. The number of nitrogens with zero attached hydrogens (tertiary/aromatic N) is 3. The predicted molar refractivity (Wildman–Crippen MR) is 92.7 cm³/mol. The average molecular weight is 346 g/mol. The molecule has 0 bridgehead atoms. The maximum atomic E-state index is 12.4. The van der Waals surface area contributed by atoms with E-state index in [4.69, 9.17) is 4.74 Å². The molecule has 0 atom stereocenters. The lowest BCUT2D eigenvalue weighted by Gasteiger charge is -2.32. The van der Waals surface area contributed by atoms with Crippen LogP contribution in [0.2, 0.25) is 0 Å². The zero-order valence-corrected chi connectivity index (χ0v) is 14.1. The monoisotopic (exact) mass is 346 g/mol. The Balaban J connectivity index is 1.64. The highest BCUT2D eigenvalue weighted by molar-refractivity contribution is 7.13. The number of amides is 3. The lowest BCUT2D eigenvalue weighted by atomic mass is 10.3. The zero-order valence-electron chi connectivity index (χ0n) is 13.3. The molecule has 7 nitrogen and oxygen atoms in total. The number of hydrogen-bond donors (Lipinski definition) is 1. The highest BCUT2D eigenvalue weighted by Crippen LogP contribution is 2.25. The summed E-state index contributed by atoms with van der Waals surface area (Å²) in [4.78, 5) is 32.0. The van der Waals surface area contributed by atoms with E-state index in [1.54, 1.807) is 23.2 Å². The van der Waals surface area contributed by atoms with Crippen molar-refractivity contribution >= 4 is 34.1 Å². The zero-order chi connectivity index (χ0) is 16.9. The Hall–Kier alpha value is -2.61. The highest BCUT2D eigenvalue weighted by atomic mass is 32.1. The first-order valence-electron chi connectivity index (χ1n) is 7.66. The quantitative estimate of drug-likeness (QED) is 0.923. The molecule has 1 aliphatic rings. The molecule has 3 amide bonds. The summed E-state index contributed by atoms with van der Waals surface area (Å²) >= 11 is 1.41. The molecule has 0 saturated carbocycles. The minimum Gasteiger partial charge on any atom is -0.492 e. The van der Waals surface area contributed by atoms with Crippen LogP contribution >= 0.6 is 11.3 Å². The number of rotatable bonds is 4. The van der Waals surface area contributed by atoms with Gasteiger partial charge >= 0.3 is 6.03 Å². The van der Waals surface area contributed by atoms with Crippen molar-refractivity contribution in [2.24, 2.45) is 0 Å². The first-order chi connectivity index (χ1) is 11.7. The molecule has 2 heterocycles. The molecule has 0 aliphatic carbocycles. The Morgan fingerprint density at radius 2 is 2.21 bits per heavy atom.